The smallest absolute Gasteiger partial charge is 0.259 e. The van der Waals surface area contributed by atoms with E-state index in [1.807, 2.05) is 23.7 Å². The van der Waals surface area contributed by atoms with Crippen LogP contribution in [0, 0.1) is 0 Å². The molecule has 1 unspecified atom stereocenters. The fraction of sp³-hybridized carbons (Fsp3) is 0.316. The molecule has 0 saturated carbocycles. The number of hydroxylamine groups is 1. The number of benzene rings is 2. The van der Waals surface area contributed by atoms with E-state index in [-0.39, 0.29) is 5.91 Å². The van der Waals surface area contributed by atoms with E-state index in [2.05, 4.69) is 36.4 Å². The number of hydrogen-bond acceptors (Lipinski definition) is 3. The van der Waals surface area contributed by atoms with Gasteiger partial charge in [-0.2, -0.15) is 0 Å². The van der Waals surface area contributed by atoms with E-state index < -0.39 is 4.75 Å². The Morgan fingerprint density at radius 2 is 1.74 bits per heavy atom. The number of carbonyl (C=O) groups excluding carboxylic acids is 1. The molecule has 0 aromatic heterocycles. The van der Waals surface area contributed by atoms with Gasteiger partial charge >= 0.3 is 0 Å². The highest BCUT2D eigenvalue weighted by Crippen LogP contribution is 2.39. The molecular formula is C19H21NO2S. The molecule has 1 heterocycles. The van der Waals surface area contributed by atoms with Crippen molar-refractivity contribution in [1.82, 2.24) is 5.48 Å². The highest BCUT2D eigenvalue weighted by Gasteiger charge is 2.40. The van der Waals surface area contributed by atoms with Crippen LogP contribution in [-0.4, -0.2) is 21.6 Å². The number of amides is 1. The first-order chi connectivity index (χ1) is 11.2. The first kappa shape index (κ1) is 16.1. The summed E-state index contributed by atoms with van der Waals surface area (Å²) in [6.45, 7) is 0. The van der Waals surface area contributed by atoms with Crippen LogP contribution in [0.4, 0.5) is 0 Å². The number of nitrogens with one attached hydrogen (secondary N) is 1. The molecule has 1 amide bonds. The van der Waals surface area contributed by atoms with Crippen LogP contribution in [0.5, 0.6) is 0 Å². The Morgan fingerprint density at radius 3 is 2.35 bits per heavy atom. The van der Waals surface area contributed by atoms with Crippen molar-refractivity contribution in [3.63, 3.8) is 0 Å². The van der Waals surface area contributed by atoms with Gasteiger partial charge in [-0.15, -0.1) is 11.8 Å². The summed E-state index contributed by atoms with van der Waals surface area (Å²) in [5.41, 5.74) is 5.36. The zero-order chi connectivity index (χ0) is 16.1. The van der Waals surface area contributed by atoms with E-state index in [0.29, 0.717) is 6.42 Å². The van der Waals surface area contributed by atoms with Crippen molar-refractivity contribution in [2.45, 2.75) is 30.4 Å². The van der Waals surface area contributed by atoms with E-state index in [9.17, 15) is 4.79 Å². The molecule has 1 saturated heterocycles. The average Bonchev–Trinajstić information content (AvgIpc) is 2.63. The molecule has 0 spiro atoms. The molecule has 1 aliphatic rings. The molecule has 2 N–H and O–H groups in total. The van der Waals surface area contributed by atoms with E-state index >= 15 is 0 Å². The van der Waals surface area contributed by atoms with E-state index in [1.54, 1.807) is 11.8 Å². The van der Waals surface area contributed by atoms with Gasteiger partial charge in [0.1, 0.15) is 4.75 Å². The Labute approximate surface area is 141 Å². The molecular weight excluding hydrogens is 306 g/mol. The second-order valence-electron chi connectivity index (χ2n) is 5.98. The van der Waals surface area contributed by atoms with Crippen molar-refractivity contribution in [3.05, 3.63) is 60.2 Å². The van der Waals surface area contributed by atoms with Gasteiger partial charge < -0.3 is 0 Å². The van der Waals surface area contributed by atoms with Gasteiger partial charge in [0.05, 0.1) is 0 Å². The van der Waals surface area contributed by atoms with Gasteiger partial charge in [0.15, 0.2) is 0 Å². The second-order valence-corrected chi connectivity index (χ2v) is 7.46. The molecule has 0 radical (unpaired) electrons. The van der Waals surface area contributed by atoms with Gasteiger partial charge in [-0.1, -0.05) is 61.0 Å². The summed E-state index contributed by atoms with van der Waals surface area (Å²) >= 11 is 1.67. The predicted molar refractivity (Wildman–Crippen MR) is 94.6 cm³/mol. The average molecular weight is 327 g/mol. The van der Waals surface area contributed by atoms with Crippen LogP contribution < -0.4 is 5.48 Å². The standard InChI is InChI=1S/C19H21NO2S/c21-18(20-22)19(12-4-5-13-23-19)14-15-8-10-17(11-9-15)16-6-2-1-3-7-16/h1-3,6-11,22H,4-5,12-14H2,(H,20,21). The molecule has 1 aliphatic heterocycles. The summed E-state index contributed by atoms with van der Waals surface area (Å²) in [5.74, 6) is 0.699. The molecule has 3 rings (SSSR count). The number of hydrogen-bond donors (Lipinski definition) is 2. The minimum absolute atomic E-state index is 0.269. The zero-order valence-electron chi connectivity index (χ0n) is 13.0. The molecule has 2 aromatic carbocycles. The molecule has 23 heavy (non-hydrogen) atoms. The Kier molecular flexibility index (Phi) is 5.03. The molecule has 120 valence electrons. The molecule has 4 heteroatoms. The quantitative estimate of drug-likeness (QED) is 0.658. The Balaban J connectivity index is 1.80. The molecule has 2 aromatic rings. The summed E-state index contributed by atoms with van der Waals surface area (Å²) in [7, 11) is 0. The van der Waals surface area contributed by atoms with Crippen LogP contribution >= 0.6 is 11.8 Å². The van der Waals surface area contributed by atoms with Gasteiger partial charge in [-0.05, 0) is 41.7 Å². The lowest BCUT2D eigenvalue weighted by Crippen LogP contribution is -2.46. The first-order valence-electron chi connectivity index (χ1n) is 7.96. The summed E-state index contributed by atoms with van der Waals surface area (Å²) < 4.78 is -0.540. The van der Waals surface area contributed by atoms with Gasteiger partial charge in [0.25, 0.3) is 5.91 Å². The van der Waals surface area contributed by atoms with Crippen molar-refractivity contribution in [2.75, 3.05) is 5.75 Å². The minimum atomic E-state index is -0.540. The Morgan fingerprint density at radius 1 is 1.04 bits per heavy atom. The summed E-state index contributed by atoms with van der Waals surface area (Å²) in [6, 6.07) is 18.6. The predicted octanol–water partition coefficient (Wildman–Crippen LogP) is 4.06. The van der Waals surface area contributed by atoms with Gasteiger partial charge in [0.2, 0.25) is 0 Å². The van der Waals surface area contributed by atoms with Crippen molar-refractivity contribution < 1.29 is 10.0 Å². The van der Waals surface area contributed by atoms with Crippen molar-refractivity contribution in [2.24, 2.45) is 0 Å². The van der Waals surface area contributed by atoms with Gasteiger partial charge in [-0.25, -0.2) is 5.48 Å². The van der Waals surface area contributed by atoms with Crippen LogP contribution in [0.1, 0.15) is 24.8 Å². The number of thioether (sulfide) groups is 1. The van der Waals surface area contributed by atoms with E-state index in [0.717, 1.165) is 30.6 Å². The maximum atomic E-state index is 12.2. The van der Waals surface area contributed by atoms with Crippen LogP contribution in [0.15, 0.2) is 54.6 Å². The van der Waals surface area contributed by atoms with E-state index in [4.69, 9.17) is 5.21 Å². The van der Waals surface area contributed by atoms with Crippen LogP contribution in [0.3, 0.4) is 0 Å². The minimum Gasteiger partial charge on any atom is -0.289 e. The molecule has 3 nitrogen and oxygen atoms in total. The first-order valence-corrected chi connectivity index (χ1v) is 8.95. The topological polar surface area (TPSA) is 49.3 Å². The molecule has 1 atom stereocenters. The van der Waals surface area contributed by atoms with E-state index in [1.165, 1.54) is 11.1 Å². The normalized spacial score (nSPS) is 20.9. The maximum absolute atomic E-state index is 12.2. The Bertz CT molecular complexity index is 649. The second kappa shape index (κ2) is 7.20. The third-order valence-electron chi connectivity index (χ3n) is 4.42. The summed E-state index contributed by atoms with van der Waals surface area (Å²) in [4.78, 5) is 12.2. The lowest BCUT2D eigenvalue weighted by atomic mass is 9.91. The fourth-order valence-corrected chi connectivity index (χ4v) is 4.60. The zero-order valence-corrected chi connectivity index (χ0v) is 13.8. The Hall–Kier alpha value is -1.78. The maximum Gasteiger partial charge on any atom is 0.259 e. The molecule has 1 fully saturated rings. The SMILES string of the molecule is O=C(NO)C1(Cc2ccc(-c3ccccc3)cc2)CCCCS1. The van der Waals surface area contributed by atoms with Crippen LogP contribution in [0.25, 0.3) is 11.1 Å². The van der Waals surface area contributed by atoms with Crippen LogP contribution in [0.2, 0.25) is 0 Å². The van der Waals surface area contributed by atoms with Crippen molar-refractivity contribution in [1.29, 1.82) is 0 Å². The van der Waals surface area contributed by atoms with Gasteiger partial charge in [0, 0.05) is 0 Å². The van der Waals surface area contributed by atoms with Crippen LogP contribution in [-0.2, 0) is 11.2 Å². The highest BCUT2D eigenvalue weighted by molar-refractivity contribution is 8.01. The van der Waals surface area contributed by atoms with Crippen molar-refractivity contribution in [3.8, 4) is 11.1 Å². The number of carbonyl (C=O) groups is 1. The number of rotatable bonds is 4. The monoisotopic (exact) mass is 327 g/mol. The van der Waals surface area contributed by atoms with Crippen molar-refractivity contribution >= 4 is 17.7 Å². The van der Waals surface area contributed by atoms with Gasteiger partial charge in [-0.3, -0.25) is 10.0 Å². The molecule has 0 aliphatic carbocycles. The summed E-state index contributed by atoms with van der Waals surface area (Å²) in [6.07, 6.45) is 3.63. The largest absolute Gasteiger partial charge is 0.289 e. The fourth-order valence-electron chi connectivity index (χ4n) is 3.13. The lowest BCUT2D eigenvalue weighted by Gasteiger charge is -2.34. The summed E-state index contributed by atoms with van der Waals surface area (Å²) in [5, 5.41) is 9.11. The highest BCUT2D eigenvalue weighted by atomic mass is 32.2. The third-order valence-corrected chi connectivity index (χ3v) is 6.00. The lowest BCUT2D eigenvalue weighted by molar-refractivity contribution is -0.132. The molecule has 0 bridgehead atoms. The third kappa shape index (κ3) is 3.59.